The average Bonchev–Trinajstić information content (AvgIpc) is 3.41. The Labute approximate surface area is 177 Å². The van der Waals surface area contributed by atoms with Crippen LogP contribution in [0.4, 0.5) is 11.4 Å². The molecule has 0 saturated heterocycles. The minimum atomic E-state index is -0.620. The summed E-state index contributed by atoms with van der Waals surface area (Å²) in [5, 5.41) is 6.74. The van der Waals surface area contributed by atoms with Gasteiger partial charge in [-0.1, -0.05) is 49.9 Å². The number of anilines is 2. The van der Waals surface area contributed by atoms with Crippen molar-refractivity contribution in [1.29, 1.82) is 0 Å². The Kier molecular flexibility index (Phi) is 5.41. The molecule has 4 rings (SSSR count). The first-order valence-corrected chi connectivity index (χ1v) is 10.8. The molecule has 0 unspecified atom stereocenters. The molecule has 0 spiro atoms. The van der Waals surface area contributed by atoms with E-state index < -0.39 is 11.1 Å². The van der Waals surface area contributed by atoms with Crippen LogP contribution in [0.3, 0.4) is 0 Å². The highest BCUT2D eigenvalue weighted by atomic mass is 16.2. The summed E-state index contributed by atoms with van der Waals surface area (Å²) in [6.45, 7) is 0. The highest BCUT2D eigenvalue weighted by Gasteiger charge is 2.40. The number of carbonyl (C=O) groups excluding carboxylic acids is 2. The Morgan fingerprint density at radius 1 is 0.600 bits per heavy atom. The van der Waals surface area contributed by atoms with Crippen molar-refractivity contribution >= 4 is 23.2 Å². The Morgan fingerprint density at radius 3 is 1.17 bits per heavy atom. The van der Waals surface area contributed by atoms with Crippen LogP contribution in [0.25, 0.3) is 11.1 Å². The molecule has 0 aromatic heterocycles. The topological polar surface area (TPSA) is 110 Å². The second kappa shape index (κ2) is 8.01. The summed E-state index contributed by atoms with van der Waals surface area (Å²) in [6.07, 6.45) is 7.21. The Hall–Kier alpha value is -3.02. The molecular formula is C24H30N4O2. The number of carbonyl (C=O) groups is 2. The van der Waals surface area contributed by atoms with Crippen molar-refractivity contribution in [2.75, 3.05) is 10.6 Å². The van der Waals surface area contributed by atoms with Crippen molar-refractivity contribution < 1.29 is 9.59 Å². The van der Waals surface area contributed by atoms with E-state index in [0.717, 1.165) is 73.9 Å². The molecular weight excluding hydrogens is 376 g/mol. The SMILES string of the molecule is NC(=O)C1(Nc2ccc(-c3ccc(NC4(C(N)=O)CCCC4)cc3)cc2)CCCC1. The predicted molar refractivity (Wildman–Crippen MR) is 120 cm³/mol. The van der Waals surface area contributed by atoms with E-state index in [9.17, 15) is 9.59 Å². The molecule has 30 heavy (non-hydrogen) atoms. The zero-order valence-corrected chi connectivity index (χ0v) is 17.2. The number of primary amides is 2. The van der Waals surface area contributed by atoms with E-state index in [0.29, 0.717) is 0 Å². The summed E-state index contributed by atoms with van der Waals surface area (Å²) in [5.74, 6) is -0.550. The molecule has 2 aromatic carbocycles. The standard InChI is InChI=1S/C24H30N4O2/c25-21(29)23(13-1-2-14-23)27-19-9-5-17(6-10-19)18-7-11-20(12-8-18)28-24(22(26)30)15-3-4-16-24/h5-12,27-28H,1-4,13-16H2,(H2,25,29)(H2,26,30). The molecule has 2 saturated carbocycles. The normalized spacial score (nSPS) is 19.3. The maximum absolute atomic E-state index is 12.0. The lowest BCUT2D eigenvalue weighted by Crippen LogP contribution is -2.48. The minimum absolute atomic E-state index is 0.275. The van der Waals surface area contributed by atoms with Gasteiger partial charge in [-0.15, -0.1) is 0 Å². The van der Waals surface area contributed by atoms with Gasteiger partial charge in [0.05, 0.1) is 0 Å². The molecule has 2 amide bonds. The summed E-state index contributed by atoms with van der Waals surface area (Å²) >= 11 is 0. The molecule has 6 N–H and O–H groups in total. The van der Waals surface area contributed by atoms with Crippen LogP contribution in [0.1, 0.15) is 51.4 Å². The first-order chi connectivity index (χ1) is 14.4. The van der Waals surface area contributed by atoms with E-state index in [1.807, 2.05) is 48.5 Å². The van der Waals surface area contributed by atoms with Gasteiger partial charge in [0.1, 0.15) is 11.1 Å². The largest absolute Gasteiger partial charge is 0.371 e. The van der Waals surface area contributed by atoms with Crippen LogP contribution >= 0.6 is 0 Å². The van der Waals surface area contributed by atoms with Gasteiger partial charge in [-0.2, -0.15) is 0 Å². The zero-order valence-electron chi connectivity index (χ0n) is 17.2. The van der Waals surface area contributed by atoms with E-state index in [1.54, 1.807) is 0 Å². The third-order valence-electron chi connectivity index (χ3n) is 6.73. The molecule has 2 aliphatic carbocycles. The number of benzene rings is 2. The summed E-state index contributed by atoms with van der Waals surface area (Å²) in [4.78, 5) is 23.9. The molecule has 2 fully saturated rings. The van der Waals surface area contributed by atoms with Crippen LogP contribution in [-0.4, -0.2) is 22.9 Å². The van der Waals surface area contributed by atoms with E-state index in [4.69, 9.17) is 11.5 Å². The van der Waals surface area contributed by atoms with Crippen LogP contribution < -0.4 is 22.1 Å². The van der Waals surface area contributed by atoms with Gasteiger partial charge >= 0.3 is 0 Å². The predicted octanol–water partition coefficient (Wildman–Crippen LogP) is 3.77. The number of hydrogen-bond donors (Lipinski definition) is 4. The van der Waals surface area contributed by atoms with Gasteiger partial charge in [0.25, 0.3) is 0 Å². The number of hydrogen-bond acceptors (Lipinski definition) is 4. The summed E-state index contributed by atoms with van der Waals surface area (Å²) in [6, 6.07) is 16.1. The van der Waals surface area contributed by atoms with Gasteiger partial charge in [-0.3, -0.25) is 9.59 Å². The van der Waals surface area contributed by atoms with Gasteiger partial charge in [0.15, 0.2) is 0 Å². The summed E-state index contributed by atoms with van der Waals surface area (Å²) in [5.41, 5.74) is 14.1. The Morgan fingerprint density at radius 2 is 0.900 bits per heavy atom. The average molecular weight is 407 g/mol. The van der Waals surface area contributed by atoms with Gasteiger partial charge in [-0.25, -0.2) is 0 Å². The zero-order chi connectivity index (χ0) is 21.2. The molecule has 6 heteroatoms. The maximum atomic E-state index is 12.0. The second-order valence-corrected chi connectivity index (χ2v) is 8.71. The summed E-state index contributed by atoms with van der Waals surface area (Å²) in [7, 11) is 0. The molecule has 6 nitrogen and oxygen atoms in total. The number of nitrogens with two attached hydrogens (primary N) is 2. The summed E-state index contributed by atoms with van der Waals surface area (Å²) < 4.78 is 0. The van der Waals surface area contributed by atoms with Gasteiger partial charge in [-0.05, 0) is 61.1 Å². The van der Waals surface area contributed by atoms with E-state index in [-0.39, 0.29) is 11.8 Å². The van der Waals surface area contributed by atoms with Crippen molar-refractivity contribution in [3.05, 3.63) is 48.5 Å². The van der Waals surface area contributed by atoms with Crippen LogP contribution in [0.5, 0.6) is 0 Å². The molecule has 0 heterocycles. The smallest absolute Gasteiger partial charge is 0.243 e. The van der Waals surface area contributed by atoms with E-state index >= 15 is 0 Å². The van der Waals surface area contributed by atoms with Gasteiger partial charge in [0, 0.05) is 11.4 Å². The quantitative estimate of drug-likeness (QED) is 0.561. The molecule has 0 aliphatic heterocycles. The third kappa shape index (κ3) is 3.86. The van der Waals surface area contributed by atoms with Crippen LogP contribution in [0, 0.1) is 0 Å². The molecule has 2 aromatic rings. The highest BCUT2D eigenvalue weighted by molar-refractivity contribution is 5.89. The molecule has 2 aliphatic rings. The van der Waals surface area contributed by atoms with Crippen molar-refractivity contribution in [3.63, 3.8) is 0 Å². The lowest BCUT2D eigenvalue weighted by atomic mass is 9.95. The van der Waals surface area contributed by atoms with Crippen molar-refractivity contribution in [3.8, 4) is 11.1 Å². The molecule has 0 bridgehead atoms. The van der Waals surface area contributed by atoms with Crippen molar-refractivity contribution in [2.45, 2.75) is 62.4 Å². The number of nitrogens with one attached hydrogen (secondary N) is 2. The van der Waals surface area contributed by atoms with E-state index in [1.165, 1.54) is 0 Å². The second-order valence-electron chi connectivity index (χ2n) is 8.71. The van der Waals surface area contributed by atoms with Crippen LogP contribution in [0.15, 0.2) is 48.5 Å². The fourth-order valence-electron chi connectivity index (χ4n) is 4.87. The Balaban J connectivity index is 1.46. The fraction of sp³-hybridized carbons (Fsp3) is 0.417. The highest BCUT2D eigenvalue weighted by Crippen LogP contribution is 2.35. The van der Waals surface area contributed by atoms with Crippen molar-refractivity contribution in [1.82, 2.24) is 0 Å². The van der Waals surface area contributed by atoms with E-state index in [2.05, 4.69) is 10.6 Å². The number of rotatable bonds is 7. The first kappa shape index (κ1) is 20.3. The van der Waals surface area contributed by atoms with Gasteiger partial charge < -0.3 is 22.1 Å². The third-order valence-corrected chi connectivity index (χ3v) is 6.73. The van der Waals surface area contributed by atoms with Gasteiger partial charge in [0.2, 0.25) is 11.8 Å². The number of amides is 2. The van der Waals surface area contributed by atoms with Crippen molar-refractivity contribution in [2.24, 2.45) is 11.5 Å². The minimum Gasteiger partial charge on any atom is -0.371 e. The molecule has 158 valence electrons. The maximum Gasteiger partial charge on any atom is 0.243 e. The molecule has 0 atom stereocenters. The lowest BCUT2D eigenvalue weighted by molar-refractivity contribution is -0.122. The monoisotopic (exact) mass is 406 g/mol. The lowest BCUT2D eigenvalue weighted by Gasteiger charge is -2.28. The molecule has 0 radical (unpaired) electrons. The Bertz CT molecular complexity index is 832. The van der Waals surface area contributed by atoms with Crippen LogP contribution in [-0.2, 0) is 9.59 Å². The van der Waals surface area contributed by atoms with Crippen LogP contribution in [0.2, 0.25) is 0 Å². The fourth-order valence-corrected chi connectivity index (χ4v) is 4.87. The first-order valence-electron chi connectivity index (χ1n) is 10.8.